The molecule has 3 rings (SSSR count). The minimum absolute atomic E-state index is 0.721. The highest BCUT2D eigenvalue weighted by molar-refractivity contribution is 4.85. The fourth-order valence-electron chi connectivity index (χ4n) is 4.51. The Hall–Kier alpha value is -0.160. The van der Waals surface area contributed by atoms with Crippen LogP contribution in [0.4, 0.5) is 0 Å². The number of piperidine rings is 1. The molecule has 0 aromatic rings. The highest BCUT2D eigenvalue weighted by atomic mass is 15.4. The molecular formula is C18H36N4. The molecule has 0 saturated carbocycles. The topological polar surface area (TPSA) is 13.0 Å². The van der Waals surface area contributed by atoms with Crippen molar-refractivity contribution in [3.05, 3.63) is 0 Å². The molecule has 128 valence electrons. The Morgan fingerprint density at radius 1 is 0.909 bits per heavy atom. The lowest BCUT2D eigenvalue weighted by molar-refractivity contribution is 0.0932. The van der Waals surface area contributed by atoms with E-state index in [-0.39, 0.29) is 0 Å². The van der Waals surface area contributed by atoms with Crippen LogP contribution in [0.3, 0.4) is 0 Å². The molecule has 0 spiro atoms. The van der Waals surface area contributed by atoms with Crippen LogP contribution in [0.5, 0.6) is 0 Å². The summed E-state index contributed by atoms with van der Waals surface area (Å²) < 4.78 is 0. The molecule has 0 radical (unpaired) electrons. The first-order valence-corrected chi connectivity index (χ1v) is 9.58. The van der Waals surface area contributed by atoms with Gasteiger partial charge in [0.1, 0.15) is 0 Å². The zero-order valence-electron chi connectivity index (χ0n) is 15.0. The summed E-state index contributed by atoms with van der Waals surface area (Å²) in [5.74, 6) is 0. The second kappa shape index (κ2) is 7.61. The number of hydrogen-bond acceptors (Lipinski definition) is 4. The lowest BCUT2D eigenvalue weighted by Gasteiger charge is -2.38. The van der Waals surface area contributed by atoms with E-state index in [1.807, 2.05) is 0 Å². The molecule has 0 bridgehead atoms. The molecule has 0 N–H and O–H groups in total. The quantitative estimate of drug-likeness (QED) is 0.769. The summed E-state index contributed by atoms with van der Waals surface area (Å²) in [6.07, 6.45) is 5.55. The summed E-state index contributed by atoms with van der Waals surface area (Å²) in [6.45, 7) is 17.3. The van der Waals surface area contributed by atoms with Crippen molar-refractivity contribution in [3.8, 4) is 0 Å². The van der Waals surface area contributed by atoms with Crippen molar-refractivity contribution >= 4 is 0 Å². The van der Waals surface area contributed by atoms with E-state index in [4.69, 9.17) is 0 Å². The zero-order valence-corrected chi connectivity index (χ0v) is 15.0. The van der Waals surface area contributed by atoms with E-state index in [0.717, 1.165) is 18.1 Å². The van der Waals surface area contributed by atoms with Crippen LogP contribution in [0, 0.1) is 0 Å². The molecule has 0 aromatic heterocycles. The Balaban J connectivity index is 1.37. The molecule has 3 fully saturated rings. The molecule has 0 aliphatic carbocycles. The fraction of sp³-hybridized carbons (Fsp3) is 1.00. The third kappa shape index (κ3) is 4.02. The Morgan fingerprint density at radius 3 is 2.32 bits per heavy atom. The van der Waals surface area contributed by atoms with Crippen LogP contribution in [0.1, 0.15) is 46.5 Å². The highest BCUT2D eigenvalue weighted by Gasteiger charge is 2.30. The van der Waals surface area contributed by atoms with E-state index in [0.29, 0.717) is 0 Å². The summed E-state index contributed by atoms with van der Waals surface area (Å²) in [4.78, 5) is 10.8. The minimum atomic E-state index is 0.721. The maximum absolute atomic E-state index is 2.76. The molecular weight excluding hydrogens is 272 g/mol. The van der Waals surface area contributed by atoms with Gasteiger partial charge in [-0.3, -0.25) is 14.7 Å². The molecule has 0 amide bonds. The SMILES string of the molecule is CC(C)N1CCC(N2CCN(CCN3CCC[C@H]3C)C2)CC1. The van der Waals surface area contributed by atoms with Crippen molar-refractivity contribution in [2.45, 2.75) is 64.6 Å². The first-order chi connectivity index (χ1) is 10.6. The molecule has 4 heteroatoms. The number of rotatable bonds is 5. The first kappa shape index (κ1) is 16.7. The van der Waals surface area contributed by atoms with E-state index in [9.17, 15) is 0 Å². The van der Waals surface area contributed by atoms with Crippen molar-refractivity contribution in [2.75, 3.05) is 52.5 Å². The van der Waals surface area contributed by atoms with Crippen LogP contribution in [0.25, 0.3) is 0 Å². The van der Waals surface area contributed by atoms with Gasteiger partial charge in [-0.25, -0.2) is 0 Å². The number of likely N-dealkylation sites (tertiary alicyclic amines) is 2. The van der Waals surface area contributed by atoms with Crippen molar-refractivity contribution in [1.82, 2.24) is 19.6 Å². The number of hydrogen-bond donors (Lipinski definition) is 0. The van der Waals surface area contributed by atoms with Crippen molar-refractivity contribution < 1.29 is 0 Å². The van der Waals surface area contributed by atoms with Crippen LogP contribution in [-0.4, -0.2) is 90.2 Å². The molecule has 3 heterocycles. The van der Waals surface area contributed by atoms with Gasteiger partial charge in [0.25, 0.3) is 0 Å². The zero-order chi connectivity index (χ0) is 15.5. The predicted molar refractivity (Wildman–Crippen MR) is 93.1 cm³/mol. The Bertz CT molecular complexity index is 338. The standard InChI is InChI=1S/C18H36N4/c1-16(2)20-9-6-18(7-10-20)22-14-12-19(15-22)11-13-21-8-4-5-17(21)3/h16-18H,4-15H2,1-3H3/t17-/m1/s1. The molecule has 3 saturated heterocycles. The van der Waals surface area contributed by atoms with Crippen LogP contribution in [0.15, 0.2) is 0 Å². The van der Waals surface area contributed by atoms with E-state index < -0.39 is 0 Å². The smallest absolute Gasteiger partial charge is 0.0510 e. The maximum atomic E-state index is 2.76. The number of nitrogens with zero attached hydrogens (tertiary/aromatic N) is 4. The summed E-state index contributed by atoms with van der Waals surface area (Å²) in [7, 11) is 0. The van der Waals surface area contributed by atoms with Gasteiger partial charge in [0.2, 0.25) is 0 Å². The molecule has 3 aliphatic rings. The lowest BCUT2D eigenvalue weighted by Crippen LogP contribution is -2.46. The Morgan fingerprint density at radius 2 is 1.68 bits per heavy atom. The molecule has 4 nitrogen and oxygen atoms in total. The van der Waals surface area contributed by atoms with Crippen molar-refractivity contribution in [1.29, 1.82) is 0 Å². The van der Waals surface area contributed by atoms with Crippen molar-refractivity contribution in [2.24, 2.45) is 0 Å². The van der Waals surface area contributed by atoms with Crippen molar-refractivity contribution in [3.63, 3.8) is 0 Å². The van der Waals surface area contributed by atoms with Crippen LogP contribution >= 0.6 is 0 Å². The van der Waals surface area contributed by atoms with Gasteiger partial charge in [0.05, 0.1) is 6.67 Å². The van der Waals surface area contributed by atoms with Gasteiger partial charge >= 0.3 is 0 Å². The molecule has 0 aromatic carbocycles. The third-order valence-electron chi connectivity index (χ3n) is 6.22. The van der Waals surface area contributed by atoms with Gasteiger partial charge in [-0.15, -0.1) is 0 Å². The van der Waals surface area contributed by atoms with Crippen LogP contribution in [0.2, 0.25) is 0 Å². The summed E-state index contributed by atoms with van der Waals surface area (Å²) in [5, 5.41) is 0. The molecule has 0 unspecified atom stereocenters. The van der Waals surface area contributed by atoms with Crippen LogP contribution < -0.4 is 0 Å². The van der Waals surface area contributed by atoms with Gasteiger partial charge in [-0.05, 0) is 66.1 Å². The van der Waals surface area contributed by atoms with Gasteiger partial charge in [0, 0.05) is 44.3 Å². The molecule has 3 aliphatic heterocycles. The minimum Gasteiger partial charge on any atom is -0.301 e. The lowest BCUT2D eigenvalue weighted by atomic mass is 10.0. The van der Waals surface area contributed by atoms with Crippen LogP contribution in [-0.2, 0) is 0 Å². The average Bonchev–Trinajstić information content (AvgIpc) is 3.14. The third-order valence-corrected chi connectivity index (χ3v) is 6.22. The largest absolute Gasteiger partial charge is 0.301 e. The Kier molecular flexibility index (Phi) is 5.77. The van der Waals surface area contributed by atoms with Gasteiger partial charge < -0.3 is 4.90 Å². The van der Waals surface area contributed by atoms with Gasteiger partial charge in [0.15, 0.2) is 0 Å². The van der Waals surface area contributed by atoms with Gasteiger partial charge in [-0.1, -0.05) is 0 Å². The van der Waals surface area contributed by atoms with E-state index in [1.54, 1.807) is 0 Å². The first-order valence-electron chi connectivity index (χ1n) is 9.58. The predicted octanol–water partition coefficient (Wildman–Crippen LogP) is 1.92. The second-order valence-corrected chi connectivity index (χ2v) is 7.96. The van der Waals surface area contributed by atoms with E-state index >= 15 is 0 Å². The fourth-order valence-corrected chi connectivity index (χ4v) is 4.51. The second-order valence-electron chi connectivity index (χ2n) is 7.96. The summed E-state index contributed by atoms with van der Waals surface area (Å²) >= 11 is 0. The molecule has 22 heavy (non-hydrogen) atoms. The molecule has 1 atom stereocenters. The van der Waals surface area contributed by atoms with E-state index in [2.05, 4.69) is 40.4 Å². The summed E-state index contributed by atoms with van der Waals surface area (Å²) in [5.41, 5.74) is 0. The average molecular weight is 309 g/mol. The highest BCUT2D eigenvalue weighted by Crippen LogP contribution is 2.21. The normalized spacial score (nSPS) is 30.8. The monoisotopic (exact) mass is 308 g/mol. The Labute approximate surface area is 137 Å². The maximum Gasteiger partial charge on any atom is 0.0510 e. The summed E-state index contributed by atoms with van der Waals surface area (Å²) in [6, 6.07) is 2.38. The van der Waals surface area contributed by atoms with Gasteiger partial charge in [-0.2, -0.15) is 0 Å². The van der Waals surface area contributed by atoms with E-state index in [1.165, 1.54) is 78.2 Å².